The molecule has 0 saturated carbocycles. The molecule has 1 heterocycles. The maximum atomic E-state index is 13.3. The summed E-state index contributed by atoms with van der Waals surface area (Å²) in [6, 6.07) is 10.2. The molecular formula is C24H28Cl2N2O4. The van der Waals surface area contributed by atoms with Gasteiger partial charge in [-0.1, -0.05) is 42.3 Å². The molecule has 0 bridgehead atoms. The van der Waals surface area contributed by atoms with Crippen molar-refractivity contribution in [1.29, 1.82) is 0 Å². The third-order valence-electron chi connectivity index (χ3n) is 5.59. The van der Waals surface area contributed by atoms with Crippen molar-refractivity contribution >= 4 is 35.0 Å². The van der Waals surface area contributed by atoms with E-state index in [0.29, 0.717) is 28.0 Å². The SMILES string of the molecule is CCC(C)NC(=O)C(C)N(Cc1ccc(Cl)cc1Cl)C(=O)CCc1ccc2c(c1)OCO2. The van der Waals surface area contributed by atoms with E-state index in [2.05, 4.69) is 5.32 Å². The fourth-order valence-corrected chi connectivity index (χ4v) is 3.84. The number of nitrogens with one attached hydrogen (secondary N) is 1. The number of rotatable bonds is 9. The number of carbonyl (C=O) groups is 2. The number of ether oxygens (including phenoxy) is 2. The van der Waals surface area contributed by atoms with Gasteiger partial charge in [-0.25, -0.2) is 0 Å². The van der Waals surface area contributed by atoms with Crippen LogP contribution in [-0.2, 0) is 22.6 Å². The van der Waals surface area contributed by atoms with Gasteiger partial charge in [0, 0.05) is 29.1 Å². The molecule has 0 aromatic heterocycles. The molecule has 2 aromatic carbocycles. The molecule has 3 rings (SSSR count). The standard InChI is InChI=1S/C24H28Cl2N2O4/c1-4-15(2)27-24(30)16(3)28(13-18-7-8-19(25)12-20(18)26)23(29)10-6-17-5-9-21-22(11-17)32-14-31-21/h5,7-9,11-12,15-16H,4,6,10,13-14H2,1-3H3,(H,27,30). The lowest BCUT2D eigenvalue weighted by molar-refractivity contribution is -0.140. The maximum Gasteiger partial charge on any atom is 0.242 e. The Morgan fingerprint density at radius 3 is 2.56 bits per heavy atom. The highest BCUT2D eigenvalue weighted by atomic mass is 35.5. The molecule has 1 aliphatic rings. The number of carbonyl (C=O) groups excluding carboxylic acids is 2. The number of aryl methyl sites for hydroxylation is 1. The van der Waals surface area contributed by atoms with Crippen LogP contribution in [0.25, 0.3) is 0 Å². The molecule has 6 nitrogen and oxygen atoms in total. The predicted molar refractivity (Wildman–Crippen MR) is 125 cm³/mol. The van der Waals surface area contributed by atoms with Gasteiger partial charge in [0.05, 0.1) is 0 Å². The number of nitrogens with zero attached hydrogens (tertiary/aromatic N) is 1. The lowest BCUT2D eigenvalue weighted by Crippen LogP contribution is -2.49. The van der Waals surface area contributed by atoms with Crippen LogP contribution in [0.1, 0.15) is 44.7 Å². The number of benzene rings is 2. The van der Waals surface area contributed by atoms with Crippen molar-refractivity contribution in [3.63, 3.8) is 0 Å². The van der Waals surface area contributed by atoms with Gasteiger partial charge in [0.25, 0.3) is 0 Å². The molecule has 172 valence electrons. The van der Waals surface area contributed by atoms with Gasteiger partial charge in [-0.05, 0) is 62.1 Å². The van der Waals surface area contributed by atoms with Gasteiger partial charge in [0.1, 0.15) is 6.04 Å². The first kappa shape index (κ1) is 24.2. The second kappa shape index (κ2) is 10.9. The van der Waals surface area contributed by atoms with Crippen LogP contribution in [0.2, 0.25) is 10.0 Å². The van der Waals surface area contributed by atoms with Crippen LogP contribution >= 0.6 is 23.2 Å². The van der Waals surface area contributed by atoms with Gasteiger partial charge >= 0.3 is 0 Å². The lowest BCUT2D eigenvalue weighted by Gasteiger charge is -2.30. The number of halogens is 2. The van der Waals surface area contributed by atoms with Crippen molar-refractivity contribution < 1.29 is 19.1 Å². The molecule has 8 heteroatoms. The quantitative estimate of drug-likeness (QED) is 0.551. The van der Waals surface area contributed by atoms with Crippen LogP contribution in [0.3, 0.4) is 0 Å². The predicted octanol–water partition coefficient (Wildman–Crippen LogP) is 4.99. The van der Waals surface area contributed by atoms with Gasteiger partial charge in [0.2, 0.25) is 18.6 Å². The highest BCUT2D eigenvalue weighted by Gasteiger charge is 2.27. The van der Waals surface area contributed by atoms with Crippen LogP contribution in [-0.4, -0.2) is 35.6 Å². The summed E-state index contributed by atoms with van der Waals surface area (Å²) in [5, 5.41) is 3.93. The van der Waals surface area contributed by atoms with E-state index in [9.17, 15) is 9.59 Å². The molecule has 2 unspecified atom stereocenters. The first-order valence-corrected chi connectivity index (χ1v) is 11.5. The van der Waals surface area contributed by atoms with Crippen molar-refractivity contribution in [3.8, 4) is 11.5 Å². The van der Waals surface area contributed by atoms with Crippen molar-refractivity contribution in [1.82, 2.24) is 10.2 Å². The van der Waals surface area contributed by atoms with Crippen LogP contribution < -0.4 is 14.8 Å². The Hall–Kier alpha value is -2.44. The average molecular weight is 479 g/mol. The summed E-state index contributed by atoms with van der Waals surface area (Å²) >= 11 is 12.4. The summed E-state index contributed by atoms with van der Waals surface area (Å²) < 4.78 is 10.8. The minimum Gasteiger partial charge on any atom is -0.454 e. The van der Waals surface area contributed by atoms with E-state index in [-0.39, 0.29) is 37.6 Å². The highest BCUT2D eigenvalue weighted by Crippen LogP contribution is 2.33. The zero-order chi connectivity index (χ0) is 23.3. The fraction of sp³-hybridized carbons (Fsp3) is 0.417. The zero-order valence-electron chi connectivity index (χ0n) is 18.5. The topological polar surface area (TPSA) is 67.9 Å². The fourth-order valence-electron chi connectivity index (χ4n) is 3.37. The summed E-state index contributed by atoms with van der Waals surface area (Å²) in [4.78, 5) is 27.6. The average Bonchev–Trinajstić information content (AvgIpc) is 3.24. The third-order valence-corrected chi connectivity index (χ3v) is 6.18. The smallest absolute Gasteiger partial charge is 0.242 e. The van der Waals surface area contributed by atoms with Gasteiger partial charge in [-0.2, -0.15) is 0 Å². The minimum atomic E-state index is -0.653. The van der Waals surface area contributed by atoms with Crippen LogP contribution in [0, 0.1) is 0 Å². The summed E-state index contributed by atoms with van der Waals surface area (Å²) in [5.41, 5.74) is 1.69. The monoisotopic (exact) mass is 478 g/mol. The van der Waals surface area contributed by atoms with Crippen molar-refractivity contribution in [3.05, 3.63) is 57.6 Å². The Morgan fingerprint density at radius 2 is 1.84 bits per heavy atom. The van der Waals surface area contributed by atoms with Gasteiger partial charge in [-0.3, -0.25) is 9.59 Å². The van der Waals surface area contributed by atoms with Crippen LogP contribution in [0.4, 0.5) is 0 Å². The highest BCUT2D eigenvalue weighted by molar-refractivity contribution is 6.35. The lowest BCUT2D eigenvalue weighted by atomic mass is 10.1. The van der Waals surface area contributed by atoms with Crippen LogP contribution in [0.15, 0.2) is 36.4 Å². The van der Waals surface area contributed by atoms with Crippen LogP contribution in [0.5, 0.6) is 11.5 Å². The first-order chi connectivity index (χ1) is 15.3. The molecule has 1 N–H and O–H groups in total. The molecule has 0 fully saturated rings. The molecule has 1 aliphatic heterocycles. The van der Waals surface area contributed by atoms with Crippen molar-refractivity contribution in [2.45, 2.75) is 58.7 Å². The van der Waals surface area contributed by atoms with E-state index in [1.807, 2.05) is 32.0 Å². The molecule has 0 saturated heterocycles. The molecule has 2 atom stereocenters. The Bertz CT molecular complexity index is 982. The molecule has 0 spiro atoms. The molecule has 2 aromatic rings. The van der Waals surface area contributed by atoms with Gasteiger partial charge < -0.3 is 19.7 Å². The third kappa shape index (κ3) is 6.08. The van der Waals surface area contributed by atoms with Gasteiger partial charge in [0.15, 0.2) is 11.5 Å². The Balaban J connectivity index is 1.75. The number of hydrogen-bond donors (Lipinski definition) is 1. The Kier molecular flexibility index (Phi) is 8.26. The number of hydrogen-bond acceptors (Lipinski definition) is 4. The normalized spacial score (nSPS) is 14.0. The minimum absolute atomic E-state index is 0.0228. The largest absolute Gasteiger partial charge is 0.454 e. The van der Waals surface area contributed by atoms with E-state index >= 15 is 0 Å². The Morgan fingerprint density at radius 1 is 1.09 bits per heavy atom. The molecular weight excluding hydrogens is 451 g/mol. The summed E-state index contributed by atoms with van der Waals surface area (Å²) in [6.07, 6.45) is 1.56. The second-order valence-corrected chi connectivity index (χ2v) is 8.78. The molecule has 32 heavy (non-hydrogen) atoms. The first-order valence-electron chi connectivity index (χ1n) is 10.7. The van der Waals surface area contributed by atoms with Gasteiger partial charge in [-0.15, -0.1) is 0 Å². The van der Waals surface area contributed by atoms with E-state index in [1.54, 1.807) is 30.0 Å². The van der Waals surface area contributed by atoms with Crippen molar-refractivity contribution in [2.24, 2.45) is 0 Å². The molecule has 0 radical (unpaired) electrons. The van der Waals surface area contributed by atoms with E-state index in [4.69, 9.17) is 32.7 Å². The summed E-state index contributed by atoms with van der Waals surface area (Å²) in [6.45, 7) is 6.09. The van der Waals surface area contributed by atoms with E-state index in [1.165, 1.54) is 0 Å². The number of amides is 2. The van der Waals surface area contributed by atoms with E-state index in [0.717, 1.165) is 17.5 Å². The maximum absolute atomic E-state index is 13.3. The zero-order valence-corrected chi connectivity index (χ0v) is 20.0. The van der Waals surface area contributed by atoms with Crippen molar-refractivity contribution in [2.75, 3.05) is 6.79 Å². The second-order valence-electron chi connectivity index (χ2n) is 7.94. The molecule has 2 amide bonds. The summed E-state index contributed by atoms with van der Waals surface area (Å²) in [5.74, 6) is 1.05. The number of fused-ring (bicyclic) bond motifs is 1. The summed E-state index contributed by atoms with van der Waals surface area (Å²) in [7, 11) is 0. The molecule has 0 aliphatic carbocycles. The van der Waals surface area contributed by atoms with E-state index < -0.39 is 6.04 Å². The Labute approximate surface area is 198 Å².